The summed E-state index contributed by atoms with van der Waals surface area (Å²) >= 11 is 0. The monoisotopic (exact) mass is 223 g/mol. The Balaban J connectivity index is 2.18. The molecule has 1 aromatic heterocycles. The van der Waals surface area contributed by atoms with Gasteiger partial charge in [0.05, 0.1) is 24.5 Å². The Labute approximate surface area is 94.9 Å². The van der Waals surface area contributed by atoms with Crippen LogP contribution in [0.5, 0.6) is 0 Å². The molecule has 1 amide bonds. The van der Waals surface area contributed by atoms with Crippen molar-refractivity contribution in [3.63, 3.8) is 0 Å². The molecule has 1 aromatic rings. The highest BCUT2D eigenvalue weighted by Gasteiger charge is 2.30. The van der Waals surface area contributed by atoms with E-state index in [1.54, 1.807) is 17.2 Å². The maximum Gasteiger partial charge on any atom is 0.257 e. The van der Waals surface area contributed by atoms with E-state index in [0.717, 1.165) is 25.1 Å². The molecule has 2 rings (SSSR count). The average Bonchev–Trinajstić information content (AvgIpc) is 2.96. The Morgan fingerprint density at radius 1 is 1.69 bits per heavy atom. The molecule has 0 radical (unpaired) electrons. The molecule has 1 atom stereocenters. The lowest BCUT2D eigenvalue weighted by molar-refractivity contribution is 0.0675. The quantitative estimate of drug-likeness (QED) is 0.843. The molecule has 1 fully saturated rings. The number of likely N-dealkylation sites (tertiary alicyclic amines) is 1. The van der Waals surface area contributed by atoms with E-state index < -0.39 is 0 Å². The van der Waals surface area contributed by atoms with Gasteiger partial charge in [0.1, 0.15) is 5.76 Å². The number of aliphatic hydroxyl groups excluding tert-OH is 1. The predicted octanol–water partition coefficient (Wildman–Crippen LogP) is 1.44. The van der Waals surface area contributed by atoms with E-state index in [1.165, 1.54) is 0 Å². The van der Waals surface area contributed by atoms with Crippen LogP contribution in [0.1, 0.15) is 35.9 Å². The van der Waals surface area contributed by atoms with Crippen molar-refractivity contribution in [1.29, 1.82) is 0 Å². The van der Waals surface area contributed by atoms with E-state index in [2.05, 4.69) is 0 Å². The van der Waals surface area contributed by atoms with E-state index in [4.69, 9.17) is 4.42 Å². The van der Waals surface area contributed by atoms with Crippen LogP contribution in [0.15, 0.2) is 16.7 Å². The molecule has 2 heterocycles. The van der Waals surface area contributed by atoms with Crippen LogP contribution in [0, 0.1) is 0 Å². The van der Waals surface area contributed by atoms with Crippen molar-refractivity contribution in [3.05, 3.63) is 23.7 Å². The molecule has 4 nitrogen and oxygen atoms in total. The molecule has 1 aliphatic rings. The zero-order valence-electron chi connectivity index (χ0n) is 9.48. The minimum atomic E-state index is -0.0212. The van der Waals surface area contributed by atoms with Crippen LogP contribution in [0.3, 0.4) is 0 Å². The highest BCUT2D eigenvalue weighted by molar-refractivity contribution is 5.95. The number of aryl methyl sites for hydroxylation is 1. The number of carbonyl (C=O) groups excluding carboxylic acids is 1. The average molecular weight is 223 g/mol. The normalized spacial score (nSPS) is 20.4. The first-order valence-electron chi connectivity index (χ1n) is 5.76. The Morgan fingerprint density at radius 3 is 3.19 bits per heavy atom. The summed E-state index contributed by atoms with van der Waals surface area (Å²) in [6, 6.07) is 1.69. The van der Waals surface area contributed by atoms with Gasteiger partial charge in [-0.05, 0) is 18.9 Å². The summed E-state index contributed by atoms with van der Waals surface area (Å²) < 4.78 is 5.25. The van der Waals surface area contributed by atoms with E-state index >= 15 is 0 Å². The second-order valence-electron chi connectivity index (χ2n) is 4.09. The molecule has 0 aromatic carbocycles. The highest BCUT2D eigenvalue weighted by atomic mass is 16.3. The number of aliphatic hydroxyl groups is 1. The van der Waals surface area contributed by atoms with Gasteiger partial charge in [-0.25, -0.2) is 0 Å². The van der Waals surface area contributed by atoms with Crippen LogP contribution >= 0.6 is 0 Å². The molecular weight excluding hydrogens is 206 g/mol. The molecule has 0 saturated carbocycles. The topological polar surface area (TPSA) is 53.7 Å². The lowest BCUT2D eigenvalue weighted by atomic mass is 10.1. The van der Waals surface area contributed by atoms with Crippen molar-refractivity contribution in [2.24, 2.45) is 0 Å². The number of amides is 1. The summed E-state index contributed by atoms with van der Waals surface area (Å²) in [5.41, 5.74) is 0.642. The lowest BCUT2D eigenvalue weighted by Gasteiger charge is -2.22. The van der Waals surface area contributed by atoms with Crippen LogP contribution in [-0.4, -0.2) is 35.1 Å². The van der Waals surface area contributed by atoms with Gasteiger partial charge < -0.3 is 14.4 Å². The summed E-state index contributed by atoms with van der Waals surface area (Å²) in [4.78, 5) is 14.0. The predicted molar refractivity (Wildman–Crippen MR) is 59.2 cm³/mol. The summed E-state index contributed by atoms with van der Waals surface area (Å²) in [5, 5.41) is 9.19. The largest absolute Gasteiger partial charge is 0.469 e. The molecule has 16 heavy (non-hydrogen) atoms. The van der Waals surface area contributed by atoms with Crippen molar-refractivity contribution in [2.45, 2.75) is 32.2 Å². The highest BCUT2D eigenvalue weighted by Crippen LogP contribution is 2.22. The van der Waals surface area contributed by atoms with Gasteiger partial charge in [0, 0.05) is 13.0 Å². The molecule has 0 spiro atoms. The molecule has 88 valence electrons. The summed E-state index contributed by atoms with van der Waals surface area (Å²) in [6.07, 6.45) is 4.12. The molecule has 4 heteroatoms. The van der Waals surface area contributed by atoms with E-state index in [-0.39, 0.29) is 18.6 Å². The first-order valence-corrected chi connectivity index (χ1v) is 5.76. The van der Waals surface area contributed by atoms with E-state index in [1.807, 2.05) is 6.92 Å². The van der Waals surface area contributed by atoms with Crippen molar-refractivity contribution >= 4 is 5.91 Å². The fraction of sp³-hybridized carbons (Fsp3) is 0.583. The van der Waals surface area contributed by atoms with Crippen molar-refractivity contribution in [1.82, 2.24) is 4.90 Å². The van der Waals surface area contributed by atoms with Gasteiger partial charge in [-0.3, -0.25) is 4.79 Å². The van der Waals surface area contributed by atoms with Crippen molar-refractivity contribution in [3.8, 4) is 0 Å². The van der Waals surface area contributed by atoms with Gasteiger partial charge in [-0.2, -0.15) is 0 Å². The molecular formula is C12H17NO3. The Hall–Kier alpha value is -1.29. The Bertz CT molecular complexity index is 372. The molecule has 1 saturated heterocycles. The van der Waals surface area contributed by atoms with Crippen molar-refractivity contribution < 1.29 is 14.3 Å². The van der Waals surface area contributed by atoms with Gasteiger partial charge in [0.2, 0.25) is 0 Å². The summed E-state index contributed by atoms with van der Waals surface area (Å²) in [7, 11) is 0. The third kappa shape index (κ3) is 1.85. The number of carbonyl (C=O) groups is 1. The number of furan rings is 1. The van der Waals surface area contributed by atoms with Gasteiger partial charge in [0.15, 0.2) is 0 Å². The van der Waals surface area contributed by atoms with Crippen molar-refractivity contribution in [2.75, 3.05) is 13.2 Å². The zero-order valence-corrected chi connectivity index (χ0v) is 9.48. The molecule has 1 N–H and O–H groups in total. The van der Waals surface area contributed by atoms with Gasteiger partial charge in [-0.1, -0.05) is 6.92 Å². The van der Waals surface area contributed by atoms with Crippen LogP contribution < -0.4 is 0 Å². The standard InChI is InChI=1S/C12H17NO3/c1-2-11-10(5-7-16-11)12(15)13-6-3-4-9(13)8-14/h5,7,9,14H,2-4,6,8H2,1H3. The molecule has 1 unspecified atom stereocenters. The maximum absolute atomic E-state index is 12.2. The van der Waals surface area contributed by atoms with E-state index in [0.29, 0.717) is 12.0 Å². The number of rotatable bonds is 3. The van der Waals surface area contributed by atoms with Crippen LogP contribution in [0.25, 0.3) is 0 Å². The number of hydrogen-bond acceptors (Lipinski definition) is 3. The second-order valence-corrected chi connectivity index (χ2v) is 4.09. The fourth-order valence-corrected chi connectivity index (χ4v) is 2.25. The number of nitrogens with zero attached hydrogens (tertiary/aromatic N) is 1. The third-order valence-corrected chi connectivity index (χ3v) is 3.15. The lowest BCUT2D eigenvalue weighted by Crippen LogP contribution is -2.37. The summed E-state index contributed by atoms with van der Waals surface area (Å²) in [5.74, 6) is 0.718. The molecule has 1 aliphatic heterocycles. The van der Waals surface area contributed by atoms with Gasteiger partial charge >= 0.3 is 0 Å². The minimum absolute atomic E-state index is 0.0119. The molecule has 0 aliphatic carbocycles. The first kappa shape index (κ1) is 11.2. The third-order valence-electron chi connectivity index (χ3n) is 3.15. The van der Waals surface area contributed by atoms with Crippen LogP contribution in [0.4, 0.5) is 0 Å². The smallest absolute Gasteiger partial charge is 0.257 e. The Kier molecular flexibility index (Phi) is 3.29. The second kappa shape index (κ2) is 4.70. The molecule has 0 bridgehead atoms. The summed E-state index contributed by atoms with van der Waals surface area (Å²) in [6.45, 7) is 2.74. The van der Waals surface area contributed by atoms with Gasteiger partial charge in [-0.15, -0.1) is 0 Å². The Morgan fingerprint density at radius 2 is 2.50 bits per heavy atom. The van der Waals surface area contributed by atoms with Gasteiger partial charge in [0.25, 0.3) is 5.91 Å². The van der Waals surface area contributed by atoms with Crippen LogP contribution in [0.2, 0.25) is 0 Å². The zero-order chi connectivity index (χ0) is 11.5. The first-order chi connectivity index (χ1) is 7.77. The van der Waals surface area contributed by atoms with Crippen LogP contribution in [-0.2, 0) is 6.42 Å². The van der Waals surface area contributed by atoms with E-state index in [9.17, 15) is 9.90 Å². The fourth-order valence-electron chi connectivity index (χ4n) is 2.25. The number of hydrogen-bond donors (Lipinski definition) is 1. The maximum atomic E-state index is 12.2. The minimum Gasteiger partial charge on any atom is -0.469 e. The SMILES string of the molecule is CCc1occc1C(=O)N1CCCC1CO.